The van der Waals surface area contributed by atoms with Crippen molar-refractivity contribution in [2.24, 2.45) is 5.92 Å². The van der Waals surface area contributed by atoms with E-state index < -0.39 is 0 Å². The molecular formula is C23H27N3O4. The standard InChI is InChI=1S/C23H27N3O4/c1-29-19-7-2-16(3-8-19)14-22(27)26-12-10-20(11-13-26)30-21-9-6-18(15-24-21)25-23(28)17-4-5-17/h2-3,6-9,15,17,20H,4-5,10-14H2,1H3,(H,25,28). The lowest BCUT2D eigenvalue weighted by Gasteiger charge is -2.32. The van der Waals surface area contributed by atoms with Crippen LogP contribution in [0.15, 0.2) is 42.6 Å². The molecule has 1 N–H and O–H groups in total. The van der Waals surface area contributed by atoms with Gasteiger partial charge in [-0.1, -0.05) is 12.1 Å². The van der Waals surface area contributed by atoms with E-state index in [2.05, 4.69) is 10.3 Å². The van der Waals surface area contributed by atoms with Crippen LogP contribution in [0.4, 0.5) is 5.69 Å². The second-order valence-electron chi connectivity index (χ2n) is 7.87. The molecule has 2 aliphatic rings. The molecule has 2 fully saturated rings. The molecule has 1 aliphatic heterocycles. The third-order valence-electron chi connectivity index (χ3n) is 5.55. The number of piperidine rings is 1. The van der Waals surface area contributed by atoms with E-state index in [9.17, 15) is 9.59 Å². The van der Waals surface area contributed by atoms with Gasteiger partial charge in [-0.2, -0.15) is 0 Å². The van der Waals surface area contributed by atoms with Crippen LogP contribution in [-0.2, 0) is 16.0 Å². The molecule has 0 atom stereocenters. The van der Waals surface area contributed by atoms with Gasteiger partial charge in [0, 0.05) is 37.9 Å². The molecule has 7 heteroatoms. The number of amides is 2. The molecule has 7 nitrogen and oxygen atoms in total. The molecule has 0 bridgehead atoms. The number of hydrogen-bond acceptors (Lipinski definition) is 5. The Balaban J connectivity index is 1.22. The first-order chi connectivity index (χ1) is 14.6. The molecule has 30 heavy (non-hydrogen) atoms. The molecule has 1 aliphatic carbocycles. The van der Waals surface area contributed by atoms with E-state index in [0.717, 1.165) is 37.0 Å². The second-order valence-corrected chi connectivity index (χ2v) is 7.87. The summed E-state index contributed by atoms with van der Waals surface area (Å²) in [6, 6.07) is 11.2. The summed E-state index contributed by atoms with van der Waals surface area (Å²) < 4.78 is 11.1. The second kappa shape index (κ2) is 9.15. The number of rotatable bonds is 7. The van der Waals surface area contributed by atoms with Gasteiger partial charge in [-0.3, -0.25) is 9.59 Å². The minimum absolute atomic E-state index is 0.0365. The molecule has 2 amide bonds. The van der Waals surface area contributed by atoms with Gasteiger partial charge in [0.05, 0.1) is 25.4 Å². The zero-order chi connectivity index (χ0) is 20.9. The first-order valence-corrected chi connectivity index (χ1v) is 10.4. The van der Waals surface area contributed by atoms with Crippen molar-refractivity contribution in [3.8, 4) is 11.6 Å². The number of anilines is 1. The lowest BCUT2D eigenvalue weighted by atomic mass is 10.1. The fraction of sp³-hybridized carbons (Fsp3) is 0.435. The number of ether oxygens (including phenoxy) is 2. The van der Waals surface area contributed by atoms with Crippen molar-refractivity contribution < 1.29 is 19.1 Å². The summed E-state index contributed by atoms with van der Waals surface area (Å²) in [6.45, 7) is 1.35. The molecule has 1 aromatic heterocycles. The Hall–Kier alpha value is -3.09. The maximum absolute atomic E-state index is 12.6. The van der Waals surface area contributed by atoms with E-state index >= 15 is 0 Å². The molecule has 1 aromatic carbocycles. The highest BCUT2D eigenvalue weighted by atomic mass is 16.5. The van der Waals surface area contributed by atoms with E-state index in [1.54, 1.807) is 19.4 Å². The number of nitrogens with zero attached hydrogens (tertiary/aromatic N) is 2. The molecule has 158 valence electrons. The number of nitrogens with one attached hydrogen (secondary N) is 1. The van der Waals surface area contributed by atoms with Crippen molar-refractivity contribution >= 4 is 17.5 Å². The average molecular weight is 409 g/mol. The fourth-order valence-electron chi connectivity index (χ4n) is 3.54. The predicted molar refractivity (Wildman–Crippen MR) is 113 cm³/mol. The van der Waals surface area contributed by atoms with Crippen molar-refractivity contribution in [3.63, 3.8) is 0 Å². The number of carbonyl (C=O) groups excluding carboxylic acids is 2. The van der Waals surface area contributed by atoms with E-state index in [-0.39, 0.29) is 23.8 Å². The first kappa shape index (κ1) is 20.2. The Morgan fingerprint density at radius 2 is 1.80 bits per heavy atom. The summed E-state index contributed by atoms with van der Waals surface area (Å²) in [5.74, 6) is 1.70. The Morgan fingerprint density at radius 3 is 2.40 bits per heavy atom. The lowest BCUT2D eigenvalue weighted by molar-refractivity contribution is -0.132. The highest BCUT2D eigenvalue weighted by Crippen LogP contribution is 2.30. The molecule has 4 rings (SSSR count). The number of hydrogen-bond donors (Lipinski definition) is 1. The highest BCUT2D eigenvalue weighted by molar-refractivity contribution is 5.93. The fourth-order valence-corrected chi connectivity index (χ4v) is 3.54. The maximum atomic E-state index is 12.6. The maximum Gasteiger partial charge on any atom is 0.227 e. The number of benzene rings is 1. The summed E-state index contributed by atoms with van der Waals surface area (Å²) in [7, 11) is 1.63. The van der Waals surface area contributed by atoms with E-state index in [4.69, 9.17) is 9.47 Å². The van der Waals surface area contributed by atoms with Gasteiger partial charge in [-0.25, -0.2) is 4.98 Å². The van der Waals surface area contributed by atoms with Crippen molar-refractivity contribution in [1.82, 2.24) is 9.88 Å². The molecule has 2 aromatic rings. The largest absolute Gasteiger partial charge is 0.497 e. The number of carbonyl (C=O) groups is 2. The minimum atomic E-state index is 0.0365. The Kier molecular flexibility index (Phi) is 6.16. The van der Waals surface area contributed by atoms with Crippen LogP contribution in [0.2, 0.25) is 0 Å². The van der Waals surface area contributed by atoms with Gasteiger partial charge in [-0.15, -0.1) is 0 Å². The summed E-state index contributed by atoms with van der Waals surface area (Å²) >= 11 is 0. The molecule has 0 unspecified atom stereocenters. The average Bonchev–Trinajstić information content (AvgIpc) is 3.62. The third kappa shape index (κ3) is 5.28. The minimum Gasteiger partial charge on any atom is -0.497 e. The number of likely N-dealkylation sites (tertiary alicyclic amines) is 1. The zero-order valence-electron chi connectivity index (χ0n) is 17.2. The van der Waals surface area contributed by atoms with Crippen LogP contribution in [0, 0.1) is 5.92 Å². The first-order valence-electron chi connectivity index (χ1n) is 10.4. The normalized spacial score (nSPS) is 16.8. The Morgan fingerprint density at radius 1 is 1.07 bits per heavy atom. The van der Waals surface area contributed by atoms with Crippen molar-refractivity contribution in [2.75, 3.05) is 25.5 Å². The topological polar surface area (TPSA) is 80.8 Å². The van der Waals surface area contributed by atoms with Crippen LogP contribution in [0.1, 0.15) is 31.2 Å². The van der Waals surface area contributed by atoms with Crippen LogP contribution in [-0.4, -0.2) is 48.0 Å². The van der Waals surface area contributed by atoms with E-state index in [0.29, 0.717) is 31.1 Å². The third-order valence-corrected chi connectivity index (χ3v) is 5.55. The summed E-state index contributed by atoms with van der Waals surface area (Å²) in [6.07, 6.45) is 5.55. The quantitative estimate of drug-likeness (QED) is 0.760. The van der Waals surface area contributed by atoms with Crippen molar-refractivity contribution in [2.45, 2.75) is 38.2 Å². The Bertz CT molecular complexity index is 870. The van der Waals surface area contributed by atoms with Gasteiger partial charge < -0.3 is 19.7 Å². The van der Waals surface area contributed by atoms with Gasteiger partial charge >= 0.3 is 0 Å². The predicted octanol–water partition coefficient (Wildman–Crippen LogP) is 3.05. The molecular weight excluding hydrogens is 382 g/mol. The highest BCUT2D eigenvalue weighted by Gasteiger charge is 2.29. The smallest absolute Gasteiger partial charge is 0.227 e. The molecule has 1 saturated carbocycles. The van der Waals surface area contributed by atoms with Crippen molar-refractivity contribution in [1.29, 1.82) is 0 Å². The Labute approximate surface area is 176 Å². The monoisotopic (exact) mass is 409 g/mol. The number of methoxy groups -OCH3 is 1. The molecule has 1 saturated heterocycles. The van der Waals surface area contributed by atoms with E-state index in [1.165, 1.54) is 0 Å². The lowest BCUT2D eigenvalue weighted by Crippen LogP contribution is -2.42. The summed E-state index contributed by atoms with van der Waals surface area (Å²) in [5.41, 5.74) is 1.68. The molecule has 0 radical (unpaired) electrons. The van der Waals surface area contributed by atoms with Crippen LogP contribution in [0.5, 0.6) is 11.6 Å². The van der Waals surface area contributed by atoms with Crippen LogP contribution in [0.3, 0.4) is 0 Å². The van der Waals surface area contributed by atoms with E-state index in [1.807, 2.05) is 35.2 Å². The van der Waals surface area contributed by atoms with Gasteiger partial charge in [0.2, 0.25) is 17.7 Å². The van der Waals surface area contributed by atoms with Gasteiger partial charge in [0.15, 0.2) is 0 Å². The number of aromatic nitrogens is 1. The van der Waals surface area contributed by atoms with Crippen LogP contribution in [0.25, 0.3) is 0 Å². The van der Waals surface area contributed by atoms with Gasteiger partial charge in [-0.05, 0) is 36.6 Å². The van der Waals surface area contributed by atoms with Gasteiger partial charge in [0.1, 0.15) is 11.9 Å². The molecule has 0 spiro atoms. The van der Waals surface area contributed by atoms with Crippen LogP contribution < -0.4 is 14.8 Å². The van der Waals surface area contributed by atoms with Gasteiger partial charge in [0.25, 0.3) is 0 Å². The summed E-state index contributed by atoms with van der Waals surface area (Å²) in [4.78, 5) is 30.6. The summed E-state index contributed by atoms with van der Waals surface area (Å²) in [5, 5.41) is 2.87. The van der Waals surface area contributed by atoms with Crippen molar-refractivity contribution in [3.05, 3.63) is 48.2 Å². The zero-order valence-corrected chi connectivity index (χ0v) is 17.2. The SMILES string of the molecule is COc1ccc(CC(=O)N2CCC(Oc3ccc(NC(=O)C4CC4)cn3)CC2)cc1. The van der Waals surface area contributed by atoms with Crippen LogP contribution >= 0.6 is 0 Å². The molecule has 2 heterocycles. The number of pyridine rings is 1.